The molecule has 14 heavy (non-hydrogen) atoms. The minimum atomic E-state index is -0.0187. The van der Waals surface area contributed by atoms with Crippen LogP contribution in [0.1, 0.15) is 51.9 Å². The summed E-state index contributed by atoms with van der Waals surface area (Å²) < 4.78 is 5.38. The number of unbranched alkanes of at least 4 members (excludes halogenated alkanes) is 1. The van der Waals surface area contributed by atoms with Gasteiger partial charge in [-0.3, -0.25) is 4.79 Å². The van der Waals surface area contributed by atoms with Crippen molar-refractivity contribution < 1.29 is 9.53 Å². The molecule has 0 radical (unpaired) electrons. The summed E-state index contributed by atoms with van der Waals surface area (Å²) in [6, 6.07) is 0. The average molecular weight is 196 g/mol. The van der Waals surface area contributed by atoms with E-state index in [4.69, 9.17) is 4.74 Å². The number of carbonyl (C=O) groups excluding carboxylic acids is 1. The van der Waals surface area contributed by atoms with Gasteiger partial charge in [-0.1, -0.05) is 31.9 Å². The summed E-state index contributed by atoms with van der Waals surface area (Å²) in [5.74, 6) is -0.0187. The number of hydrogen-bond acceptors (Lipinski definition) is 2. The van der Waals surface area contributed by atoms with Gasteiger partial charge in [-0.25, -0.2) is 0 Å². The minimum Gasteiger partial charge on any atom is -0.462 e. The number of ether oxygens (including phenoxy) is 1. The van der Waals surface area contributed by atoms with Crippen molar-refractivity contribution in [2.45, 2.75) is 58.0 Å². The number of cyclic esters (lactones) is 1. The van der Waals surface area contributed by atoms with E-state index >= 15 is 0 Å². The van der Waals surface area contributed by atoms with Gasteiger partial charge in [0.2, 0.25) is 0 Å². The molecule has 2 nitrogen and oxygen atoms in total. The molecule has 1 aliphatic rings. The van der Waals surface area contributed by atoms with Gasteiger partial charge in [-0.2, -0.15) is 0 Å². The normalized spacial score (nSPS) is 25.8. The van der Waals surface area contributed by atoms with Crippen molar-refractivity contribution in [3.05, 3.63) is 12.2 Å². The monoisotopic (exact) mass is 196 g/mol. The predicted molar refractivity (Wildman–Crippen MR) is 57.0 cm³/mol. The van der Waals surface area contributed by atoms with Crippen LogP contribution in [0.25, 0.3) is 0 Å². The smallest absolute Gasteiger partial charge is 0.306 e. The van der Waals surface area contributed by atoms with E-state index in [-0.39, 0.29) is 12.1 Å². The lowest BCUT2D eigenvalue weighted by Crippen LogP contribution is -2.17. The Morgan fingerprint density at radius 2 is 2.36 bits per heavy atom. The highest BCUT2D eigenvalue weighted by Gasteiger charge is 2.13. The molecule has 1 rings (SSSR count). The molecule has 80 valence electrons. The highest BCUT2D eigenvalue weighted by molar-refractivity contribution is 5.69. The molecule has 0 aromatic rings. The maximum Gasteiger partial charge on any atom is 0.306 e. The van der Waals surface area contributed by atoms with Gasteiger partial charge in [-0.05, 0) is 19.3 Å². The van der Waals surface area contributed by atoms with Crippen molar-refractivity contribution in [2.75, 3.05) is 0 Å². The summed E-state index contributed by atoms with van der Waals surface area (Å²) in [5.41, 5.74) is 0. The second-order valence-electron chi connectivity index (χ2n) is 3.85. The molecular formula is C12H20O2. The van der Waals surface area contributed by atoms with E-state index in [9.17, 15) is 4.79 Å². The van der Waals surface area contributed by atoms with E-state index in [1.54, 1.807) is 0 Å². The Hall–Kier alpha value is -0.790. The zero-order chi connectivity index (χ0) is 10.2. The van der Waals surface area contributed by atoms with Gasteiger partial charge in [0.1, 0.15) is 6.10 Å². The topological polar surface area (TPSA) is 26.3 Å². The van der Waals surface area contributed by atoms with E-state index in [0.29, 0.717) is 6.42 Å². The minimum absolute atomic E-state index is 0.0187. The van der Waals surface area contributed by atoms with Gasteiger partial charge in [0.25, 0.3) is 0 Å². The first kappa shape index (κ1) is 11.3. The van der Waals surface area contributed by atoms with E-state index in [1.807, 2.05) is 0 Å². The Morgan fingerprint density at radius 1 is 1.50 bits per heavy atom. The largest absolute Gasteiger partial charge is 0.462 e. The van der Waals surface area contributed by atoms with E-state index in [2.05, 4.69) is 19.1 Å². The molecule has 0 spiro atoms. The van der Waals surface area contributed by atoms with Gasteiger partial charge in [0.15, 0.2) is 0 Å². The van der Waals surface area contributed by atoms with Crippen LogP contribution in [0.3, 0.4) is 0 Å². The lowest BCUT2D eigenvalue weighted by Gasteiger charge is -2.15. The lowest BCUT2D eigenvalue weighted by atomic mass is 10.1. The highest BCUT2D eigenvalue weighted by Crippen LogP contribution is 2.14. The van der Waals surface area contributed by atoms with Gasteiger partial charge < -0.3 is 4.74 Å². The molecule has 0 saturated carbocycles. The number of allylic oxidation sites excluding steroid dienone is 1. The van der Waals surface area contributed by atoms with E-state index in [1.165, 1.54) is 0 Å². The summed E-state index contributed by atoms with van der Waals surface area (Å²) in [7, 11) is 0. The Kier molecular flexibility index (Phi) is 5.35. The molecular weight excluding hydrogens is 176 g/mol. The fourth-order valence-corrected chi connectivity index (χ4v) is 1.63. The van der Waals surface area contributed by atoms with Gasteiger partial charge in [-0.15, -0.1) is 0 Å². The van der Waals surface area contributed by atoms with Crippen LogP contribution < -0.4 is 0 Å². The van der Waals surface area contributed by atoms with Crippen LogP contribution in [0.2, 0.25) is 0 Å². The fraction of sp³-hybridized carbons (Fsp3) is 0.750. The second kappa shape index (κ2) is 6.63. The van der Waals surface area contributed by atoms with Crippen molar-refractivity contribution in [1.82, 2.24) is 0 Å². The molecule has 1 heterocycles. The quantitative estimate of drug-likeness (QED) is 0.511. The van der Waals surface area contributed by atoms with Gasteiger partial charge >= 0.3 is 5.97 Å². The summed E-state index contributed by atoms with van der Waals surface area (Å²) in [5, 5.41) is 0. The van der Waals surface area contributed by atoms with Crippen LogP contribution in [-0.2, 0) is 9.53 Å². The van der Waals surface area contributed by atoms with E-state index < -0.39 is 0 Å². The number of esters is 1. The Morgan fingerprint density at radius 3 is 3.14 bits per heavy atom. The molecule has 1 unspecified atom stereocenters. The van der Waals surface area contributed by atoms with Crippen LogP contribution in [0, 0.1) is 0 Å². The Bertz CT molecular complexity index is 196. The number of hydrogen-bond donors (Lipinski definition) is 0. The predicted octanol–water partition coefficient (Wildman–Crippen LogP) is 3.22. The van der Waals surface area contributed by atoms with Crippen LogP contribution >= 0.6 is 0 Å². The van der Waals surface area contributed by atoms with Crippen LogP contribution in [0.15, 0.2) is 12.2 Å². The Labute approximate surface area is 86.3 Å². The maximum absolute atomic E-state index is 11.3. The first-order valence-corrected chi connectivity index (χ1v) is 5.67. The third-order valence-electron chi connectivity index (χ3n) is 2.50. The van der Waals surface area contributed by atoms with Crippen molar-refractivity contribution in [3.8, 4) is 0 Å². The molecule has 1 aliphatic heterocycles. The standard InChI is InChI=1S/C12H20O2/c1-2-3-8-11-9-6-4-5-7-10-12(13)14-11/h4,6,11H,2-3,5,7-10H2,1H3/b6-4-. The summed E-state index contributed by atoms with van der Waals surface area (Å²) >= 11 is 0. The average Bonchev–Trinajstić information content (AvgIpc) is 2.27. The van der Waals surface area contributed by atoms with Crippen LogP contribution in [-0.4, -0.2) is 12.1 Å². The third-order valence-corrected chi connectivity index (χ3v) is 2.50. The van der Waals surface area contributed by atoms with E-state index in [0.717, 1.165) is 38.5 Å². The molecule has 0 saturated heterocycles. The first-order chi connectivity index (χ1) is 6.83. The number of carbonyl (C=O) groups is 1. The molecule has 0 aromatic carbocycles. The molecule has 0 amide bonds. The SMILES string of the molecule is CCCCC1C/C=C\CCCC(=O)O1. The fourth-order valence-electron chi connectivity index (χ4n) is 1.63. The summed E-state index contributed by atoms with van der Waals surface area (Å²) in [6.45, 7) is 2.16. The van der Waals surface area contributed by atoms with Crippen LogP contribution in [0.4, 0.5) is 0 Å². The zero-order valence-electron chi connectivity index (χ0n) is 9.00. The molecule has 0 bridgehead atoms. The molecule has 0 fully saturated rings. The maximum atomic E-state index is 11.3. The van der Waals surface area contributed by atoms with Crippen molar-refractivity contribution in [1.29, 1.82) is 0 Å². The zero-order valence-corrected chi connectivity index (χ0v) is 9.00. The molecule has 0 aromatic heterocycles. The van der Waals surface area contributed by atoms with Crippen molar-refractivity contribution >= 4 is 5.97 Å². The summed E-state index contributed by atoms with van der Waals surface area (Å²) in [6.07, 6.45) is 11.2. The first-order valence-electron chi connectivity index (χ1n) is 5.67. The molecule has 1 atom stereocenters. The van der Waals surface area contributed by atoms with Crippen molar-refractivity contribution in [3.63, 3.8) is 0 Å². The summed E-state index contributed by atoms with van der Waals surface area (Å²) in [4.78, 5) is 11.3. The highest BCUT2D eigenvalue weighted by atomic mass is 16.5. The number of rotatable bonds is 3. The Balaban J connectivity index is 2.39. The van der Waals surface area contributed by atoms with Gasteiger partial charge in [0.05, 0.1) is 0 Å². The third kappa shape index (κ3) is 4.45. The second-order valence-corrected chi connectivity index (χ2v) is 3.85. The van der Waals surface area contributed by atoms with Crippen LogP contribution in [0.5, 0.6) is 0 Å². The molecule has 2 heteroatoms. The lowest BCUT2D eigenvalue weighted by molar-refractivity contribution is -0.149. The van der Waals surface area contributed by atoms with Gasteiger partial charge in [0, 0.05) is 12.8 Å². The molecule has 0 N–H and O–H groups in total. The van der Waals surface area contributed by atoms with Crippen molar-refractivity contribution in [2.24, 2.45) is 0 Å². The molecule has 0 aliphatic carbocycles.